The molecule has 4 heteroatoms. The molecule has 0 saturated heterocycles. The van der Waals surface area contributed by atoms with Crippen LogP contribution in [0.4, 0.5) is 4.39 Å². The van der Waals surface area contributed by atoms with Crippen LogP contribution < -0.4 is 5.84 Å². The van der Waals surface area contributed by atoms with Crippen molar-refractivity contribution in [3.05, 3.63) is 30.1 Å². The molecule has 0 unspecified atom stereocenters. The lowest BCUT2D eigenvalue weighted by atomic mass is 10.4. The Kier molecular flexibility index (Phi) is 2.92. The SMILES string of the molecule is N/N=C/Sc1cccc(F)c1. The normalized spacial score (nSPS) is 10.6. The first-order chi connectivity index (χ1) is 5.33. The maximum absolute atomic E-state index is 12.5. The van der Waals surface area contributed by atoms with Crippen LogP contribution in [0.15, 0.2) is 34.3 Å². The molecule has 0 radical (unpaired) electrons. The van der Waals surface area contributed by atoms with Crippen LogP contribution in [-0.4, -0.2) is 5.55 Å². The van der Waals surface area contributed by atoms with E-state index >= 15 is 0 Å². The van der Waals surface area contributed by atoms with E-state index < -0.39 is 0 Å². The van der Waals surface area contributed by atoms with Gasteiger partial charge in [-0.2, -0.15) is 5.10 Å². The molecule has 0 atom stereocenters. The van der Waals surface area contributed by atoms with Crippen LogP contribution >= 0.6 is 11.8 Å². The molecule has 0 saturated carbocycles. The van der Waals surface area contributed by atoms with Crippen molar-refractivity contribution in [2.24, 2.45) is 10.9 Å². The van der Waals surface area contributed by atoms with E-state index in [0.717, 1.165) is 4.90 Å². The van der Waals surface area contributed by atoms with E-state index in [-0.39, 0.29) is 5.82 Å². The van der Waals surface area contributed by atoms with Crippen LogP contribution in [0.1, 0.15) is 0 Å². The largest absolute Gasteiger partial charge is 0.323 e. The molecule has 0 aliphatic heterocycles. The Labute approximate surface area is 68.3 Å². The van der Waals surface area contributed by atoms with Crippen molar-refractivity contribution in [3.8, 4) is 0 Å². The Morgan fingerprint density at radius 2 is 2.36 bits per heavy atom. The fourth-order valence-corrected chi connectivity index (χ4v) is 1.15. The van der Waals surface area contributed by atoms with Gasteiger partial charge in [-0.3, -0.25) is 0 Å². The minimum Gasteiger partial charge on any atom is -0.323 e. The minimum atomic E-state index is -0.250. The number of rotatable bonds is 2. The lowest BCUT2D eigenvalue weighted by Gasteiger charge is -1.93. The van der Waals surface area contributed by atoms with Gasteiger partial charge in [-0.25, -0.2) is 4.39 Å². The summed E-state index contributed by atoms with van der Waals surface area (Å²) in [6.45, 7) is 0. The molecule has 1 rings (SSSR count). The van der Waals surface area contributed by atoms with E-state index in [2.05, 4.69) is 5.10 Å². The van der Waals surface area contributed by atoms with Crippen molar-refractivity contribution >= 4 is 17.3 Å². The molecule has 0 heterocycles. The molecule has 2 N–H and O–H groups in total. The van der Waals surface area contributed by atoms with Gasteiger partial charge in [-0.15, -0.1) is 0 Å². The zero-order chi connectivity index (χ0) is 8.10. The first-order valence-electron chi connectivity index (χ1n) is 2.97. The highest BCUT2D eigenvalue weighted by atomic mass is 32.2. The average molecular weight is 170 g/mol. The zero-order valence-electron chi connectivity index (χ0n) is 5.70. The second kappa shape index (κ2) is 3.98. The van der Waals surface area contributed by atoms with E-state index in [1.165, 1.54) is 29.4 Å². The van der Waals surface area contributed by atoms with E-state index in [1.54, 1.807) is 12.1 Å². The summed E-state index contributed by atoms with van der Waals surface area (Å²) in [5, 5.41) is 3.28. The maximum atomic E-state index is 12.5. The molecule has 2 nitrogen and oxygen atoms in total. The van der Waals surface area contributed by atoms with Gasteiger partial charge in [0, 0.05) is 4.90 Å². The van der Waals surface area contributed by atoms with E-state index in [0.29, 0.717) is 0 Å². The van der Waals surface area contributed by atoms with Gasteiger partial charge in [0.15, 0.2) is 0 Å². The average Bonchev–Trinajstić information content (AvgIpc) is 2.01. The fraction of sp³-hybridized carbons (Fsp3) is 0. The van der Waals surface area contributed by atoms with Gasteiger partial charge in [0.2, 0.25) is 0 Å². The summed E-state index contributed by atoms with van der Waals surface area (Å²) in [5.41, 5.74) is 1.45. The van der Waals surface area contributed by atoms with Gasteiger partial charge in [0.25, 0.3) is 0 Å². The van der Waals surface area contributed by atoms with Crippen molar-refractivity contribution in [3.63, 3.8) is 0 Å². The maximum Gasteiger partial charge on any atom is 0.124 e. The predicted molar refractivity (Wildman–Crippen MR) is 44.9 cm³/mol. The third-order valence-corrected chi connectivity index (χ3v) is 1.80. The molecule has 58 valence electrons. The number of nitrogens with two attached hydrogens (primary N) is 1. The van der Waals surface area contributed by atoms with E-state index in [1.807, 2.05) is 0 Å². The highest BCUT2D eigenvalue weighted by Gasteiger charge is 1.92. The quantitative estimate of drug-likeness (QED) is 0.242. The summed E-state index contributed by atoms with van der Waals surface area (Å²) >= 11 is 1.28. The summed E-state index contributed by atoms with van der Waals surface area (Å²) < 4.78 is 12.5. The topological polar surface area (TPSA) is 38.4 Å². The Bertz CT molecular complexity index is 262. The summed E-state index contributed by atoms with van der Waals surface area (Å²) in [6, 6.07) is 6.24. The summed E-state index contributed by atoms with van der Waals surface area (Å²) in [6.07, 6.45) is 0. The van der Waals surface area contributed by atoms with Gasteiger partial charge in [-0.05, 0) is 18.2 Å². The first-order valence-corrected chi connectivity index (χ1v) is 3.85. The number of hydrazone groups is 1. The lowest BCUT2D eigenvalue weighted by Crippen LogP contribution is -1.79. The van der Waals surface area contributed by atoms with Crippen LogP contribution in [0.2, 0.25) is 0 Å². The van der Waals surface area contributed by atoms with Crippen molar-refractivity contribution in [1.82, 2.24) is 0 Å². The van der Waals surface area contributed by atoms with Gasteiger partial charge in [-0.1, -0.05) is 17.8 Å². The second-order valence-corrected chi connectivity index (χ2v) is 2.75. The fourth-order valence-electron chi connectivity index (χ4n) is 0.632. The molecule has 0 fully saturated rings. The van der Waals surface area contributed by atoms with Gasteiger partial charge in [0.1, 0.15) is 5.82 Å². The highest BCUT2D eigenvalue weighted by molar-refractivity contribution is 8.12. The van der Waals surface area contributed by atoms with Crippen molar-refractivity contribution in [1.29, 1.82) is 0 Å². The molecular formula is C7H7FN2S. The molecule has 0 spiro atoms. The molecule has 0 aromatic heterocycles. The third-order valence-electron chi connectivity index (χ3n) is 1.05. The summed E-state index contributed by atoms with van der Waals surface area (Å²) in [4.78, 5) is 0.791. The Balaban J connectivity index is 2.71. The molecule has 1 aromatic carbocycles. The number of halogens is 1. The lowest BCUT2D eigenvalue weighted by molar-refractivity contribution is 0.624. The van der Waals surface area contributed by atoms with Crippen LogP contribution in [0.25, 0.3) is 0 Å². The molecule has 0 bridgehead atoms. The Hall–Kier alpha value is -1.03. The Morgan fingerprint density at radius 1 is 1.55 bits per heavy atom. The predicted octanol–water partition coefficient (Wildman–Crippen LogP) is 1.82. The second-order valence-electron chi connectivity index (χ2n) is 1.83. The minimum absolute atomic E-state index is 0.250. The number of hydrogen-bond donors (Lipinski definition) is 1. The Morgan fingerprint density at radius 3 is 3.00 bits per heavy atom. The molecule has 0 amide bonds. The molecular weight excluding hydrogens is 163 g/mol. The van der Waals surface area contributed by atoms with Crippen molar-refractivity contribution in [2.45, 2.75) is 4.90 Å². The molecule has 11 heavy (non-hydrogen) atoms. The van der Waals surface area contributed by atoms with Crippen molar-refractivity contribution < 1.29 is 4.39 Å². The first kappa shape index (κ1) is 8.07. The third kappa shape index (κ3) is 2.59. The monoisotopic (exact) mass is 170 g/mol. The smallest absolute Gasteiger partial charge is 0.124 e. The van der Waals surface area contributed by atoms with Crippen LogP contribution in [0.3, 0.4) is 0 Å². The van der Waals surface area contributed by atoms with Crippen LogP contribution in [-0.2, 0) is 0 Å². The summed E-state index contributed by atoms with van der Waals surface area (Å²) in [7, 11) is 0. The number of hydrogen-bond acceptors (Lipinski definition) is 3. The summed E-state index contributed by atoms with van der Waals surface area (Å²) in [5.74, 6) is 4.62. The van der Waals surface area contributed by atoms with Gasteiger partial charge >= 0.3 is 0 Å². The zero-order valence-corrected chi connectivity index (χ0v) is 6.51. The highest BCUT2D eigenvalue weighted by Crippen LogP contribution is 2.15. The van der Waals surface area contributed by atoms with Crippen LogP contribution in [0, 0.1) is 5.82 Å². The van der Waals surface area contributed by atoms with Gasteiger partial charge < -0.3 is 5.84 Å². The van der Waals surface area contributed by atoms with Crippen LogP contribution in [0.5, 0.6) is 0 Å². The van der Waals surface area contributed by atoms with E-state index in [4.69, 9.17) is 5.84 Å². The molecule has 0 aliphatic rings. The molecule has 1 aromatic rings. The number of benzene rings is 1. The van der Waals surface area contributed by atoms with Crippen molar-refractivity contribution in [2.75, 3.05) is 0 Å². The number of thioether (sulfide) groups is 1. The van der Waals surface area contributed by atoms with E-state index in [9.17, 15) is 4.39 Å². The molecule has 0 aliphatic carbocycles. The standard InChI is InChI=1S/C7H7FN2S/c8-6-2-1-3-7(4-6)11-5-10-9/h1-5H,9H2/b10-5+. The van der Waals surface area contributed by atoms with Gasteiger partial charge in [0.05, 0.1) is 5.55 Å². The number of nitrogens with zero attached hydrogens (tertiary/aromatic N) is 1.